The van der Waals surface area contributed by atoms with Crippen molar-refractivity contribution in [2.75, 3.05) is 0 Å². The van der Waals surface area contributed by atoms with Crippen LogP contribution >= 0.6 is 0 Å². The summed E-state index contributed by atoms with van der Waals surface area (Å²) in [5, 5.41) is 2.90. The van der Waals surface area contributed by atoms with Crippen molar-refractivity contribution < 1.29 is 0 Å². The lowest BCUT2D eigenvalue weighted by atomic mass is 9.57. The van der Waals surface area contributed by atoms with Crippen LogP contribution in [0, 0.1) is 6.92 Å². The Morgan fingerprint density at radius 3 is 1.95 bits per heavy atom. The van der Waals surface area contributed by atoms with E-state index in [4.69, 9.17) is 0 Å². The molecule has 0 N–H and O–H groups in total. The molecule has 0 unspecified atom stereocenters. The Bertz CT molecular complexity index is 742. The summed E-state index contributed by atoms with van der Waals surface area (Å²) in [6.45, 7) is 16.3. The maximum Gasteiger partial charge on any atom is 0.0122 e. The lowest BCUT2D eigenvalue weighted by Gasteiger charge is -2.46. The van der Waals surface area contributed by atoms with Gasteiger partial charge in [-0.05, 0) is 48.2 Å². The standard InChI is InChI=1S/C21H26/c1-13(2)19-20(4,5)16-10-8-9-15-14(3)11-12-17(18(15)16)21(19,6)7/h8-12H,1-7H3. The fourth-order valence-corrected chi connectivity index (χ4v) is 4.89. The second-order valence-corrected chi connectivity index (χ2v) is 7.78. The van der Waals surface area contributed by atoms with Gasteiger partial charge < -0.3 is 0 Å². The summed E-state index contributed by atoms with van der Waals surface area (Å²) in [5.74, 6) is 0. The number of aryl methyl sites for hydroxylation is 1. The number of hydrogen-bond acceptors (Lipinski definition) is 0. The second-order valence-electron chi connectivity index (χ2n) is 7.78. The molecule has 0 radical (unpaired) electrons. The van der Waals surface area contributed by atoms with E-state index in [2.05, 4.69) is 78.8 Å². The second kappa shape index (κ2) is 4.22. The van der Waals surface area contributed by atoms with Gasteiger partial charge in [0.05, 0.1) is 0 Å². The fourth-order valence-electron chi connectivity index (χ4n) is 4.89. The van der Waals surface area contributed by atoms with Gasteiger partial charge in [-0.15, -0.1) is 0 Å². The molecule has 0 spiro atoms. The zero-order chi connectivity index (χ0) is 15.6. The van der Waals surface area contributed by atoms with Crippen LogP contribution in [-0.2, 0) is 10.8 Å². The predicted molar refractivity (Wildman–Crippen MR) is 93.1 cm³/mol. The molecule has 1 aliphatic carbocycles. The van der Waals surface area contributed by atoms with Gasteiger partial charge in [-0.25, -0.2) is 0 Å². The van der Waals surface area contributed by atoms with Crippen LogP contribution in [0.25, 0.3) is 10.8 Å². The van der Waals surface area contributed by atoms with Crippen molar-refractivity contribution in [1.82, 2.24) is 0 Å². The fraction of sp³-hybridized carbons (Fsp3) is 0.429. The molecule has 0 saturated heterocycles. The summed E-state index contributed by atoms with van der Waals surface area (Å²) in [5.41, 5.74) is 7.53. The highest BCUT2D eigenvalue weighted by Crippen LogP contribution is 2.53. The summed E-state index contributed by atoms with van der Waals surface area (Å²) >= 11 is 0. The zero-order valence-corrected chi connectivity index (χ0v) is 14.4. The lowest BCUT2D eigenvalue weighted by Crippen LogP contribution is -2.38. The highest BCUT2D eigenvalue weighted by Gasteiger charge is 2.43. The Labute approximate surface area is 128 Å². The molecule has 0 atom stereocenters. The van der Waals surface area contributed by atoms with Crippen LogP contribution in [0.3, 0.4) is 0 Å². The molecule has 2 aromatic carbocycles. The van der Waals surface area contributed by atoms with Crippen molar-refractivity contribution in [3.8, 4) is 0 Å². The van der Waals surface area contributed by atoms with Gasteiger partial charge in [-0.1, -0.05) is 69.2 Å². The largest absolute Gasteiger partial charge is 0.0755 e. The first-order valence-corrected chi connectivity index (χ1v) is 7.90. The van der Waals surface area contributed by atoms with Gasteiger partial charge in [0.1, 0.15) is 0 Å². The molecule has 0 saturated carbocycles. The van der Waals surface area contributed by atoms with Crippen LogP contribution in [-0.4, -0.2) is 0 Å². The van der Waals surface area contributed by atoms with E-state index in [0.29, 0.717) is 0 Å². The molecule has 3 rings (SSSR count). The topological polar surface area (TPSA) is 0 Å². The molecule has 0 nitrogen and oxygen atoms in total. The van der Waals surface area contributed by atoms with E-state index in [1.165, 1.54) is 33.0 Å². The van der Waals surface area contributed by atoms with E-state index < -0.39 is 0 Å². The molecular weight excluding hydrogens is 252 g/mol. The van der Waals surface area contributed by atoms with Crippen molar-refractivity contribution in [2.45, 2.75) is 59.3 Å². The van der Waals surface area contributed by atoms with Crippen LogP contribution in [0.5, 0.6) is 0 Å². The van der Waals surface area contributed by atoms with Gasteiger partial charge in [0.15, 0.2) is 0 Å². The van der Waals surface area contributed by atoms with E-state index in [-0.39, 0.29) is 10.8 Å². The molecule has 110 valence electrons. The Morgan fingerprint density at radius 2 is 1.38 bits per heavy atom. The molecule has 2 aromatic rings. The van der Waals surface area contributed by atoms with Crippen LogP contribution in [0.2, 0.25) is 0 Å². The van der Waals surface area contributed by atoms with E-state index in [0.717, 1.165) is 0 Å². The maximum absolute atomic E-state index is 2.39. The third-order valence-corrected chi connectivity index (χ3v) is 5.36. The molecule has 0 bridgehead atoms. The van der Waals surface area contributed by atoms with Gasteiger partial charge in [-0.2, -0.15) is 0 Å². The van der Waals surface area contributed by atoms with Gasteiger partial charge >= 0.3 is 0 Å². The smallest absolute Gasteiger partial charge is 0.0122 e. The molecule has 1 aliphatic rings. The molecule has 0 aliphatic heterocycles. The van der Waals surface area contributed by atoms with Crippen LogP contribution in [0.4, 0.5) is 0 Å². The van der Waals surface area contributed by atoms with Crippen molar-refractivity contribution in [1.29, 1.82) is 0 Å². The van der Waals surface area contributed by atoms with Gasteiger partial charge in [0.25, 0.3) is 0 Å². The Balaban J connectivity index is 2.58. The van der Waals surface area contributed by atoms with Crippen LogP contribution < -0.4 is 0 Å². The minimum absolute atomic E-state index is 0.0859. The van der Waals surface area contributed by atoms with E-state index in [9.17, 15) is 0 Å². The minimum atomic E-state index is 0.0859. The summed E-state index contributed by atoms with van der Waals surface area (Å²) in [4.78, 5) is 0. The maximum atomic E-state index is 2.39. The van der Waals surface area contributed by atoms with Gasteiger partial charge in [0.2, 0.25) is 0 Å². The summed E-state index contributed by atoms with van der Waals surface area (Å²) in [6, 6.07) is 11.4. The number of allylic oxidation sites excluding steroid dienone is 2. The lowest BCUT2D eigenvalue weighted by molar-refractivity contribution is 0.469. The van der Waals surface area contributed by atoms with Gasteiger partial charge in [0, 0.05) is 10.8 Å². The average Bonchev–Trinajstić information content (AvgIpc) is 2.35. The molecule has 21 heavy (non-hydrogen) atoms. The van der Waals surface area contributed by atoms with E-state index in [1.54, 1.807) is 5.57 Å². The van der Waals surface area contributed by atoms with Crippen molar-refractivity contribution >= 4 is 10.8 Å². The number of rotatable bonds is 0. The van der Waals surface area contributed by atoms with Crippen LogP contribution in [0.15, 0.2) is 41.5 Å². The predicted octanol–water partition coefficient (Wildman–Crippen LogP) is 6.05. The molecule has 0 amide bonds. The van der Waals surface area contributed by atoms with Crippen molar-refractivity contribution in [3.05, 3.63) is 58.2 Å². The molecule has 0 fully saturated rings. The SMILES string of the molecule is CC(C)=C1C(C)(C)c2cccc3c(C)ccc(c23)C1(C)C. The quantitative estimate of drug-likeness (QED) is 0.514. The molecule has 0 heteroatoms. The van der Waals surface area contributed by atoms with E-state index in [1.807, 2.05) is 0 Å². The van der Waals surface area contributed by atoms with Crippen molar-refractivity contribution in [2.24, 2.45) is 0 Å². The Morgan fingerprint density at radius 1 is 0.810 bits per heavy atom. The summed E-state index contributed by atoms with van der Waals surface area (Å²) < 4.78 is 0. The monoisotopic (exact) mass is 278 g/mol. The molecular formula is C21H26. The zero-order valence-electron chi connectivity index (χ0n) is 14.4. The highest BCUT2D eigenvalue weighted by molar-refractivity contribution is 5.95. The normalized spacial score (nSPS) is 18.9. The Hall–Kier alpha value is -1.56. The molecule has 0 heterocycles. The molecule has 0 aromatic heterocycles. The number of benzene rings is 2. The first-order valence-electron chi connectivity index (χ1n) is 7.90. The first-order chi connectivity index (χ1) is 9.69. The van der Waals surface area contributed by atoms with E-state index >= 15 is 0 Å². The summed E-state index contributed by atoms with van der Waals surface area (Å²) in [6.07, 6.45) is 0. The van der Waals surface area contributed by atoms with Crippen molar-refractivity contribution in [3.63, 3.8) is 0 Å². The highest BCUT2D eigenvalue weighted by atomic mass is 14.5. The number of hydrogen-bond donors (Lipinski definition) is 0. The first kappa shape index (κ1) is 14.4. The third-order valence-electron chi connectivity index (χ3n) is 5.36. The van der Waals surface area contributed by atoms with Crippen LogP contribution in [0.1, 0.15) is 58.2 Å². The Kier molecular flexibility index (Phi) is 2.89. The van der Waals surface area contributed by atoms with Gasteiger partial charge in [-0.3, -0.25) is 0 Å². The minimum Gasteiger partial charge on any atom is -0.0755 e. The average molecular weight is 278 g/mol. The summed E-state index contributed by atoms with van der Waals surface area (Å²) in [7, 11) is 0. The third kappa shape index (κ3) is 1.75.